The summed E-state index contributed by atoms with van der Waals surface area (Å²) in [5, 5.41) is 16.5. The predicted octanol–water partition coefficient (Wildman–Crippen LogP) is 6.50. The van der Waals surface area contributed by atoms with Crippen molar-refractivity contribution in [3.05, 3.63) is 59.4 Å². The van der Waals surface area contributed by atoms with Gasteiger partial charge in [-0.25, -0.2) is 13.2 Å². The summed E-state index contributed by atoms with van der Waals surface area (Å²) in [5.41, 5.74) is 0.213. The number of phenols is 1. The Balaban J connectivity index is 1.21. The Kier molecular flexibility index (Phi) is 7.78. The molecule has 0 aliphatic carbocycles. The molecule has 3 fully saturated rings. The standard InChI is InChI=1S/C37H38F3N7O3/c38-23-16-37(10-4-12-47(37)19-23)20-49-36-43-34-27-17-41-33(32(34)40)26-15-24(48)14-22-8-9-28(39)25(31(22)26)6-1-2-7-30-42-29(45-50-30)13-21-5-3-11-46(18-21)35(27)44-36/h8-9,14-15,17,21,23,48H,1-7,10-13,16,18-20H2/t21?,23-,37+/m1/s1. The Morgan fingerprint density at radius 1 is 1.02 bits per heavy atom. The van der Waals surface area contributed by atoms with Gasteiger partial charge in [0.2, 0.25) is 5.89 Å². The van der Waals surface area contributed by atoms with Gasteiger partial charge >= 0.3 is 6.01 Å². The molecule has 0 amide bonds. The third-order valence-electron chi connectivity index (χ3n) is 11.1. The van der Waals surface area contributed by atoms with E-state index in [1.165, 1.54) is 12.1 Å². The fourth-order valence-electron chi connectivity index (χ4n) is 8.83. The minimum absolute atomic E-state index is 0.00964. The number of benzene rings is 2. The van der Waals surface area contributed by atoms with Gasteiger partial charge < -0.3 is 19.3 Å². The third-order valence-corrected chi connectivity index (χ3v) is 11.1. The molecule has 5 aliphatic heterocycles. The van der Waals surface area contributed by atoms with Crippen molar-refractivity contribution in [2.45, 2.75) is 75.9 Å². The number of nitrogens with zero attached hydrogens (tertiary/aromatic N) is 7. The number of aryl methyl sites for hydroxylation is 2. The van der Waals surface area contributed by atoms with Crippen molar-refractivity contribution in [2.75, 3.05) is 37.7 Å². The van der Waals surface area contributed by atoms with Crippen molar-refractivity contribution in [1.29, 1.82) is 0 Å². The summed E-state index contributed by atoms with van der Waals surface area (Å²) in [4.78, 5) is 23.1. The van der Waals surface area contributed by atoms with Gasteiger partial charge in [0.15, 0.2) is 11.6 Å². The normalized spacial score (nSPS) is 24.1. The molecule has 5 aliphatic rings. The van der Waals surface area contributed by atoms with Crippen LogP contribution in [-0.2, 0) is 19.3 Å². The highest BCUT2D eigenvalue weighted by Gasteiger charge is 2.49. The molecule has 0 saturated carbocycles. The minimum Gasteiger partial charge on any atom is -0.508 e. The minimum atomic E-state index is -0.921. The van der Waals surface area contributed by atoms with Crippen LogP contribution in [0.2, 0.25) is 0 Å². The molecule has 1 N–H and O–H groups in total. The largest absolute Gasteiger partial charge is 0.508 e. The summed E-state index contributed by atoms with van der Waals surface area (Å²) in [6.07, 6.45) is 7.50. The van der Waals surface area contributed by atoms with Crippen LogP contribution in [-0.4, -0.2) is 79.6 Å². The molecule has 8 bridgehead atoms. The van der Waals surface area contributed by atoms with Crippen LogP contribution in [0.5, 0.6) is 11.8 Å². The van der Waals surface area contributed by atoms with Crippen LogP contribution in [0, 0.1) is 17.6 Å². The van der Waals surface area contributed by atoms with E-state index in [9.17, 15) is 9.50 Å². The quantitative estimate of drug-likeness (QED) is 0.226. The van der Waals surface area contributed by atoms with E-state index in [4.69, 9.17) is 14.2 Å². The number of aromatic hydroxyl groups is 1. The fourth-order valence-corrected chi connectivity index (χ4v) is 8.83. The van der Waals surface area contributed by atoms with Crippen LogP contribution in [0.1, 0.15) is 62.2 Å². The van der Waals surface area contributed by atoms with Crippen LogP contribution in [0.3, 0.4) is 0 Å². The molecule has 10 rings (SSSR count). The van der Waals surface area contributed by atoms with Gasteiger partial charge in [0.05, 0.1) is 10.9 Å². The van der Waals surface area contributed by atoms with Crippen LogP contribution >= 0.6 is 0 Å². The van der Waals surface area contributed by atoms with Gasteiger partial charge in [0.1, 0.15) is 41.4 Å². The van der Waals surface area contributed by atoms with Crippen LogP contribution < -0.4 is 9.64 Å². The molecule has 50 heavy (non-hydrogen) atoms. The molecule has 1 unspecified atom stereocenters. The lowest BCUT2D eigenvalue weighted by Gasteiger charge is -2.34. The van der Waals surface area contributed by atoms with Gasteiger partial charge in [0.25, 0.3) is 0 Å². The van der Waals surface area contributed by atoms with E-state index in [1.807, 2.05) is 0 Å². The van der Waals surface area contributed by atoms with Crippen LogP contribution in [0.25, 0.3) is 32.9 Å². The van der Waals surface area contributed by atoms with Gasteiger partial charge in [-0.15, -0.1) is 0 Å². The number of halogens is 3. The van der Waals surface area contributed by atoms with E-state index < -0.39 is 23.3 Å². The summed E-state index contributed by atoms with van der Waals surface area (Å²) in [6, 6.07) is 5.95. The number of anilines is 1. The van der Waals surface area contributed by atoms with Crippen molar-refractivity contribution < 1.29 is 27.5 Å². The number of pyridine rings is 1. The first kappa shape index (κ1) is 31.5. The van der Waals surface area contributed by atoms with Crippen LogP contribution in [0.4, 0.5) is 19.0 Å². The molecule has 3 aromatic heterocycles. The van der Waals surface area contributed by atoms with Crippen LogP contribution in [0.15, 0.2) is 35.0 Å². The first-order valence-electron chi connectivity index (χ1n) is 17.7. The highest BCUT2D eigenvalue weighted by Crippen LogP contribution is 2.42. The summed E-state index contributed by atoms with van der Waals surface area (Å²) in [5.74, 6) is 0.681. The summed E-state index contributed by atoms with van der Waals surface area (Å²) >= 11 is 0. The molecule has 260 valence electrons. The summed E-state index contributed by atoms with van der Waals surface area (Å²) < 4.78 is 59.2. The number of hydrogen-bond donors (Lipinski definition) is 1. The van der Waals surface area contributed by atoms with E-state index in [0.29, 0.717) is 97.4 Å². The maximum absolute atomic E-state index is 17.1. The van der Waals surface area contributed by atoms with E-state index in [-0.39, 0.29) is 41.1 Å². The molecular formula is C37H38F3N7O3. The predicted molar refractivity (Wildman–Crippen MR) is 180 cm³/mol. The Morgan fingerprint density at radius 3 is 2.84 bits per heavy atom. The zero-order valence-corrected chi connectivity index (χ0v) is 27.7. The number of phenolic OH excluding ortho intramolecular Hbond substituents is 1. The van der Waals surface area contributed by atoms with Gasteiger partial charge in [-0.2, -0.15) is 15.0 Å². The van der Waals surface area contributed by atoms with Gasteiger partial charge in [-0.1, -0.05) is 11.2 Å². The number of alkyl halides is 1. The van der Waals surface area contributed by atoms with Gasteiger partial charge in [0, 0.05) is 50.7 Å². The molecule has 13 heteroatoms. The summed E-state index contributed by atoms with van der Waals surface area (Å²) in [7, 11) is 0. The average Bonchev–Trinajstić information content (AvgIpc) is 3.80. The Hall–Kier alpha value is -4.52. The first-order chi connectivity index (χ1) is 24.3. The lowest BCUT2D eigenvalue weighted by molar-refractivity contribution is 0.107. The van der Waals surface area contributed by atoms with E-state index in [1.54, 1.807) is 18.3 Å². The van der Waals surface area contributed by atoms with Crippen molar-refractivity contribution >= 4 is 27.5 Å². The van der Waals surface area contributed by atoms with E-state index in [0.717, 1.165) is 32.2 Å². The Morgan fingerprint density at radius 2 is 1.92 bits per heavy atom. The van der Waals surface area contributed by atoms with Gasteiger partial charge in [-0.3, -0.25) is 9.88 Å². The van der Waals surface area contributed by atoms with Gasteiger partial charge in [-0.05, 0) is 91.9 Å². The molecule has 3 saturated heterocycles. The molecule has 10 nitrogen and oxygen atoms in total. The first-order valence-corrected chi connectivity index (χ1v) is 17.7. The van der Waals surface area contributed by atoms with E-state index in [2.05, 4.69) is 29.9 Å². The molecule has 0 spiro atoms. The second kappa shape index (κ2) is 12.4. The average molecular weight is 686 g/mol. The maximum Gasteiger partial charge on any atom is 0.319 e. The Labute approximate surface area is 286 Å². The van der Waals surface area contributed by atoms with Crippen molar-refractivity contribution in [3.8, 4) is 23.0 Å². The smallest absolute Gasteiger partial charge is 0.319 e. The topological polar surface area (TPSA) is 114 Å². The highest BCUT2D eigenvalue weighted by molar-refractivity contribution is 6.01. The van der Waals surface area contributed by atoms with E-state index >= 15 is 8.78 Å². The zero-order valence-electron chi connectivity index (χ0n) is 27.7. The molecule has 5 aromatic rings. The molecular weight excluding hydrogens is 647 g/mol. The number of rotatable bonds is 3. The monoisotopic (exact) mass is 685 g/mol. The third kappa shape index (κ3) is 5.50. The Bertz CT molecular complexity index is 2110. The lowest BCUT2D eigenvalue weighted by atomic mass is 9.93. The number of fused-ring (bicyclic) bond motifs is 5. The molecule has 3 atom stereocenters. The lowest BCUT2D eigenvalue weighted by Crippen LogP contribution is -2.43. The maximum atomic E-state index is 17.1. The SMILES string of the molecule is Oc1cc2c3c(c(F)ccc3c1)CCCCc1nc(no1)CC1CCCN(C1)c1nc(OC[C@@]34CCCN3C[C@H](F)C4)nc3c(F)c-2ncc13. The number of hydrogen-bond acceptors (Lipinski definition) is 10. The number of ether oxygens (including phenoxy) is 1. The zero-order chi connectivity index (χ0) is 34.0. The number of piperidine rings is 1. The second-order valence-electron chi connectivity index (χ2n) is 14.5. The van der Waals surface area contributed by atoms with Crippen molar-refractivity contribution in [3.63, 3.8) is 0 Å². The molecule has 0 radical (unpaired) electrons. The molecule has 8 heterocycles. The fraction of sp³-hybridized carbons (Fsp3) is 0.486. The summed E-state index contributed by atoms with van der Waals surface area (Å²) in [6.45, 7) is 2.70. The number of aromatic nitrogens is 5. The van der Waals surface area contributed by atoms with Crippen molar-refractivity contribution in [1.82, 2.24) is 30.0 Å². The highest BCUT2D eigenvalue weighted by atomic mass is 19.1. The molecule has 2 aromatic carbocycles. The second-order valence-corrected chi connectivity index (χ2v) is 14.5. The van der Waals surface area contributed by atoms with Crippen molar-refractivity contribution in [2.24, 2.45) is 5.92 Å².